The molecule has 0 fully saturated rings. The van der Waals surface area contributed by atoms with Crippen LogP contribution in [0.25, 0.3) is 22.3 Å². The van der Waals surface area contributed by atoms with Crippen LogP contribution in [0.2, 0.25) is 0 Å². The minimum atomic E-state index is -1.37. The van der Waals surface area contributed by atoms with Crippen LogP contribution in [-0.2, 0) is 73.9 Å². The molecule has 0 radical (unpaired) electrons. The molecule has 83 heavy (non-hydrogen) atoms. The summed E-state index contributed by atoms with van der Waals surface area (Å²) in [5.74, 6) is -3.71. The zero-order valence-corrected chi connectivity index (χ0v) is 49.3. The van der Waals surface area contributed by atoms with Gasteiger partial charge in [0.05, 0.1) is 19.7 Å². The third kappa shape index (κ3) is 22.9. The number of aliphatic hydroxyl groups is 1. The van der Waals surface area contributed by atoms with Gasteiger partial charge in [0, 0.05) is 64.2 Å². The van der Waals surface area contributed by atoms with Gasteiger partial charge in [-0.05, 0) is 43.0 Å². The molecule has 4 aromatic carbocycles. The molecule has 442 valence electrons. The highest BCUT2D eigenvalue weighted by Crippen LogP contribution is 2.21. The summed E-state index contributed by atoms with van der Waals surface area (Å²) in [6.07, 6.45) is -2.72. The largest absolute Gasteiger partial charge is 0.479 e. The lowest BCUT2D eigenvalue weighted by atomic mass is 10.2. The maximum absolute atomic E-state index is 12.6. The molecule has 2 atom stereocenters. The van der Waals surface area contributed by atoms with E-state index in [0.29, 0.717) is 67.0 Å². The van der Waals surface area contributed by atoms with Gasteiger partial charge in [-0.25, -0.2) is 28.8 Å². The Morgan fingerprint density at radius 3 is 1.47 bits per heavy atom. The number of carbonyl (C=O) groups excluding carboxylic acids is 5. The molecule has 4 heterocycles. The number of amides is 1. The summed E-state index contributed by atoms with van der Waals surface area (Å²) < 4.78 is 20.7. The molecule has 0 aliphatic heterocycles. The van der Waals surface area contributed by atoms with E-state index in [9.17, 15) is 38.4 Å². The molecule has 0 saturated heterocycles. The van der Waals surface area contributed by atoms with E-state index >= 15 is 0 Å². The average molecular weight is 1370 g/mol. The molecule has 26 nitrogen and oxygen atoms in total. The predicted octanol–water partition coefficient (Wildman–Crippen LogP) is 6.55. The molecule has 4 aromatic heterocycles. The first kappa shape index (κ1) is 68.5. The van der Waals surface area contributed by atoms with Crippen molar-refractivity contribution in [2.75, 3.05) is 41.5 Å². The molecule has 0 aliphatic rings. The summed E-state index contributed by atoms with van der Waals surface area (Å²) in [6.45, 7) is 7.54. The highest BCUT2D eigenvalue weighted by Gasteiger charge is 2.25. The van der Waals surface area contributed by atoms with E-state index < -0.39 is 49.3 Å². The van der Waals surface area contributed by atoms with Gasteiger partial charge in [0.1, 0.15) is 17.6 Å². The monoisotopic (exact) mass is 1370 g/mol. The molecule has 8 aromatic rings. The number of hydrogen-bond donors (Lipinski definition) is 8. The Balaban J connectivity index is 0.000000310. The fraction of sp³-hybridized carbons (Fsp3) is 0.273. The van der Waals surface area contributed by atoms with E-state index in [-0.39, 0.29) is 42.3 Å². The van der Waals surface area contributed by atoms with Crippen molar-refractivity contribution < 1.29 is 57.9 Å². The van der Waals surface area contributed by atoms with Crippen molar-refractivity contribution in [1.29, 1.82) is 0 Å². The molecule has 0 bridgehead atoms. The summed E-state index contributed by atoms with van der Waals surface area (Å²) in [6, 6.07) is 39.1. The van der Waals surface area contributed by atoms with Crippen LogP contribution in [0.1, 0.15) is 64.3 Å². The van der Waals surface area contributed by atoms with Crippen molar-refractivity contribution in [3.8, 4) is 0 Å². The number of nitrogens with one attached hydrogen (secondary N) is 5. The number of esters is 4. The Hall–Kier alpha value is -8.78. The van der Waals surface area contributed by atoms with E-state index in [2.05, 4.69) is 102 Å². The normalized spacial score (nSPS) is 10.8. The fourth-order valence-corrected chi connectivity index (χ4v) is 6.86. The number of aromatic nitrogens is 8. The molecule has 1 amide bonds. The van der Waals surface area contributed by atoms with Gasteiger partial charge >= 0.3 is 41.2 Å². The number of nitrogens with zero attached hydrogens (tertiary/aromatic N) is 6. The number of carbonyl (C=O) groups is 6. The predicted molar refractivity (Wildman–Crippen MR) is 328 cm³/mol. The minimum Gasteiger partial charge on any atom is -0.479 e. The van der Waals surface area contributed by atoms with Crippen LogP contribution < -0.4 is 33.1 Å². The number of aromatic amines is 2. The number of carboxylic acids is 1. The van der Waals surface area contributed by atoms with Crippen LogP contribution in [0, 0.1) is 0 Å². The smallest absolute Gasteiger partial charge is 0.347 e. The zero-order chi connectivity index (χ0) is 60.1. The van der Waals surface area contributed by atoms with E-state index in [1.54, 1.807) is 11.5 Å². The molecule has 8 rings (SSSR count). The topological polar surface area (TPSA) is 369 Å². The quantitative estimate of drug-likeness (QED) is 0.0242. The highest BCUT2D eigenvalue weighted by atomic mass is 128. The third-order valence-electron chi connectivity index (χ3n) is 10.6. The number of halogens is 2. The number of H-pyrrole nitrogens is 2. The second-order valence-corrected chi connectivity index (χ2v) is 16.9. The van der Waals surface area contributed by atoms with E-state index in [4.69, 9.17) is 15.9 Å². The number of benzene rings is 4. The standard InChI is InChI=1S/C21H20N6O2.C19H18N6O.C10H14O9.C4H8O2.CH4.I2/c1-14(28)23-18-17-19(26-20(25-18)22-12-15-8-4-2-5-9-15)27(21(29)24-17)13-16-10-6-3-7-11-16;20-16-15-17(24-18(23-16)21-11-13-7-3-1-4-8-13)25(19(26)22-15)12-14-9-5-2-6-10-14;1-5(9(14)15)19-10(16)6(2)18-8(13)4-17-7(12)3-11;1-3-6-4(2)5;;1-2/h2-11H,12-13H2,1H3,(H,24,29)(H2,22,23,25,26,28);1-10H,11-12H2,(H,22,26)(H3,20,21,23,24);5-6,11H,3-4H2,1-2H3,(H,14,15);3H2,1-2H3;1H4;. The number of ether oxygens (including phenoxy) is 4. The fourth-order valence-electron chi connectivity index (χ4n) is 6.86. The third-order valence-corrected chi connectivity index (χ3v) is 10.6. The average Bonchev–Trinajstić information content (AvgIpc) is 3.43. The lowest BCUT2D eigenvalue weighted by Crippen LogP contribution is -2.33. The van der Waals surface area contributed by atoms with Gasteiger partial charge in [-0.1, -0.05) is 129 Å². The number of aliphatic carboxylic acids is 1. The van der Waals surface area contributed by atoms with Crippen LogP contribution >= 0.6 is 37.2 Å². The molecule has 0 aliphatic carbocycles. The molecule has 2 unspecified atom stereocenters. The molecule has 0 spiro atoms. The lowest BCUT2D eigenvalue weighted by molar-refractivity contribution is -0.177. The van der Waals surface area contributed by atoms with Crippen molar-refractivity contribution >= 4 is 119 Å². The van der Waals surface area contributed by atoms with Crippen LogP contribution in [0.4, 0.5) is 23.5 Å². The maximum Gasteiger partial charge on any atom is 0.347 e. The van der Waals surface area contributed by atoms with Gasteiger partial charge in [-0.3, -0.25) is 18.7 Å². The zero-order valence-electron chi connectivity index (χ0n) is 45.0. The maximum atomic E-state index is 12.6. The number of nitrogens with two attached hydrogens (primary N) is 1. The number of carboxylic acid groups (broad SMARTS) is 1. The van der Waals surface area contributed by atoms with Gasteiger partial charge in [-0.2, -0.15) is 19.9 Å². The summed E-state index contributed by atoms with van der Waals surface area (Å²) >= 11 is 4.24. The Labute approximate surface area is 499 Å². The van der Waals surface area contributed by atoms with Crippen molar-refractivity contribution in [2.45, 2.75) is 80.4 Å². The first-order valence-corrected chi connectivity index (χ1v) is 31.0. The van der Waals surface area contributed by atoms with E-state index in [1.807, 2.05) is 121 Å². The van der Waals surface area contributed by atoms with E-state index in [1.165, 1.54) is 25.3 Å². The Kier molecular flexibility index (Phi) is 29.6. The first-order chi connectivity index (χ1) is 39.3. The van der Waals surface area contributed by atoms with Crippen LogP contribution in [0.5, 0.6) is 0 Å². The minimum absolute atomic E-state index is 0. The lowest BCUT2D eigenvalue weighted by Gasteiger charge is -2.14. The number of imidazole rings is 2. The molecule has 9 N–H and O–H groups in total. The van der Waals surface area contributed by atoms with Gasteiger partial charge < -0.3 is 60.8 Å². The Morgan fingerprint density at radius 1 is 0.627 bits per heavy atom. The molecular formula is C55H64I2N12O14. The number of aliphatic hydroxyl groups excluding tert-OH is 1. The highest BCUT2D eigenvalue weighted by molar-refractivity contribution is 15.0. The Morgan fingerprint density at radius 2 is 1.06 bits per heavy atom. The van der Waals surface area contributed by atoms with Crippen molar-refractivity contribution in [3.05, 3.63) is 165 Å². The summed E-state index contributed by atoms with van der Waals surface area (Å²) in [4.78, 5) is 113. The molecule has 28 heteroatoms. The second kappa shape index (κ2) is 35.8. The molecular weight excluding hydrogens is 1310 g/mol. The number of fused-ring (bicyclic) bond motifs is 2. The summed E-state index contributed by atoms with van der Waals surface area (Å²) in [5.41, 5.74) is 11.4. The van der Waals surface area contributed by atoms with Crippen LogP contribution in [-0.4, -0.2) is 117 Å². The number of rotatable bonds is 19. The van der Waals surface area contributed by atoms with Crippen LogP contribution in [0.3, 0.4) is 0 Å². The van der Waals surface area contributed by atoms with Gasteiger partial charge in [0.2, 0.25) is 17.8 Å². The first-order valence-electron chi connectivity index (χ1n) is 24.7. The van der Waals surface area contributed by atoms with Crippen LogP contribution in [0.15, 0.2) is 131 Å². The van der Waals surface area contributed by atoms with E-state index in [0.717, 1.165) is 29.2 Å². The summed E-state index contributed by atoms with van der Waals surface area (Å²) in [5, 5.41) is 25.8. The van der Waals surface area contributed by atoms with Crippen molar-refractivity contribution in [3.63, 3.8) is 0 Å². The second-order valence-electron chi connectivity index (χ2n) is 16.9. The number of hydrogen-bond acceptors (Lipinski definition) is 20. The number of anilines is 4. The Bertz CT molecular complexity index is 3480. The summed E-state index contributed by atoms with van der Waals surface area (Å²) in [7, 11) is 0. The van der Waals surface area contributed by atoms with Gasteiger partial charge in [0.25, 0.3) is 0 Å². The number of nitrogen functional groups attached to an aromatic ring is 1. The van der Waals surface area contributed by atoms with Crippen molar-refractivity contribution in [2.24, 2.45) is 0 Å². The SMILES string of the molecule is C.CC(=O)Nc1nc(NCc2ccccc2)nc2c1[nH]c(=O)n2Cc1ccccc1.CC(OC(=O)C(C)OC(=O)COC(=O)CO)C(=O)O.CCOC(C)=O.II.Nc1nc(NCc2ccccc2)nc2c1[nH]c(=O)n2Cc1ccccc1. The van der Waals surface area contributed by atoms with Crippen molar-refractivity contribution in [1.82, 2.24) is 39.0 Å². The van der Waals surface area contributed by atoms with Gasteiger partial charge in [0.15, 0.2) is 41.7 Å². The van der Waals surface area contributed by atoms with Gasteiger partial charge in [-0.15, -0.1) is 0 Å². The molecule has 0 saturated carbocycles.